The normalized spacial score (nSPS) is 17.3. The summed E-state index contributed by atoms with van der Waals surface area (Å²) in [5.41, 5.74) is 3.81. The lowest BCUT2D eigenvalue weighted by Crippen LogP contribution is -2.44. The Labute approximate surface area is 118 Å². The van der Waals surface area contributed by atoms with Crippen LogP contribution in [-0.2, 0) is 4.79 Å². The number of amides is 1. The summed E-state index contributed by atoms with van der Waals surface area (Å²) in [6, 6.07) is 12.2. The molecule has 0 fully saturated rings. The Kier molecular flexibility index (Phi) is 3.14. The Hall–Kier alpha value is -2.36. The van der Waals surface area contributed by atoms with Gasteiger partial charge in [-0.1, -0.05) is 30.3 Å². The number of nitrogens with zero attached hydrogens (tertiary/aromatic N) is 2. The van der Waals surface area contributed by atoms with E-state index in [1.54, 1.807) is 18.0 Å². The van der Waals surface area contributed by atoms with Crippen molar-refractivity contribution < 1.29 is 4.79 Å². The maximum absolute atomic E-state index is 11.8. The fourth-order valence-corrected chi connectivity index (χ4v) is 2.61. The van der Waals surface area contributed by atoms with Gasteiger partial charge in [0.15, 0.2) is 0 Å². The molecular formula is C16H17N3O. The third kappa shape index (κ3) is 2.13. The molecule has 0 spiro atoms. The molecule has 1 amide bonds. The molecule has 0 unspecified atom stereocenters. The smallest absolute Gasteiger partial charge is 0.224 e. The highest BCUT2D eigenvalue weighted by atomic mass is 16.2. The van der Waals surface area contributed by atoms with Crippen molar-refractivity contribution >= 4 is 17.3 Å². The number of hydrogen-bond donors (Lipinski definition) is 1. The maximum Gasteiger partial charge on any atom is 0.224 e. The molecule has 0 radical (unpaired) electrons. The summed E-state index contributed by atoms with van der Waals surface area (Å²) < 4.78 is 0. The highest BCUT2D eigenvalue weighted by Crippen LogP contribution is 2.33. The summed E-state index contributed by atoms with van der Waals surface area (Å²) in [7, 11) is 0. The average molecular weight is 267 g/mol. The fourth-order valence-electron chi connectivity index (χ4n) is 2.61. The Morgan fingerprint density at radius 1 is 1.35 bits per heavy atom. The molecule has 1 aliphatic heterocycles. The first kappa shape index (κ1) is 12.7. The lowest BCUT2D eigenvalue weighted by molar-refractivity contribution is -0.116. The van der Waals surface area contributed by atoms with Crippen LogP contribution in [0, 0.1) is 0 Å². The number of carbonyl (C=O) groups is 1. The highest BCUT2D eigenvalue weighted by Gasteiger charge is 2.26. The second-order valence-electron chi connectivity index (χ2n) is 5.07. The summed E-state index contributed by atoms with van der Waals surface area (Å²) in [6.07, 6.45) is 1.78. The van der Waals surface area contributed by atoms with E-state index >= 15 is 0 Å². The van der Waals surface area contributed by atoms with Gasteiger partial charge < -0.3 is 10.2 Å². The van der Waals surface area contributed by atoms with Crippen LogP contribution >= 0.6 is 0 Å². The fraction of sp³-hybridized carbons (Fsp3) is 0.250. The van der Waals surface area contributed by atoms with E-state index in [4.69, 9.17) is 0 Å². The molecule has 1 aromatic carbocycles. The van der Waals surface area contributed by atoms with Gasteiger partial charge in [-0.2, -0.15) is 0 Å². The van der Waals surface area contributed by atoms with Gasteiger partial charge in [-0.15, -0.1) is 0 Å². The van der Waals surface area contributed by atoms with Crippen molar-refractivity contribution in [2.45, 2.75) is 19.9 Å². The predicted molar refractivity (Wildman–Crippen MR) is 80.8 cm³/mol. The van der Waals surface area contributed by atoms with E-state index in [0.717, 1.165) is 29.2 Å². The summed E-state index contributed by atoms with van der Waals surface area (Å²) in [5.74, 6) is 0.0505. The molecular weight excluding hydrogens is 250 g/mol. The number of anilines is 2. The summed E-state index contributed by atoms with van der Waals surface area (Å²) in [5, 5.41) is 3.37. The lowest BCUT2D eigenvalue weighted by atomic mass is 10.1. The zero-order valence-corrected chi connectivity index (χ0v) is 11.6. The highest BCUT2D eigenvalue weighted by molar-refractivity contribution is 5.97. The van der Waals surface area contributed by atoms with Crippen molar-refractivity contribution in [2.75, 3.05) is 16.8 Å². The van der Waals surface area contributed by atoms with Gasteiger partial charge in [0.1, 0.15) is 0 Å². The van der Waals surface area contributed by atoms with Crippen LogP contribution in [0.4, 0.5) is 11.4 Å². The molecule has 4 nitrogen and oxygen atoms in total. The number of pyridine rings is 1. The molecule has 0 aliphatic carbocycles. The SMILES string of the molecule is CC(=O)N1c2cnc(-c3ccccc3)cc2NC[C@@H]1C. The first-order chi connectivity index (χ1) is 9.66. The Morgan fingerprint density at radius 3 is 2.80 bits per heavy atom. The number of fused-ring (bicyclic) bond motifs is 1. The van der Waals surface area contributed by atoms with Crippen molar-refractivity contribution in [2.24, 2.45) is 0 Å². The van der Waals surface area contributed by atoms with Gasteiger partial charge in [0.25, 0.3) is 0 Å². The zero-order chi connectivity index (χ0) is 14.1. The molecule has 2 heterocycles. The minimum absolute atomic E-state index is 0.0505. The van der Waals surface area contributed by atoms with E-state index in [-0.39, 0.29) is 11.9 Å². The monoisotopic (exact) mass is 267 g/mol. The predicted octanol–water partition coefficient (Wildman–Crippen LogP) is 2.92. The Bertz CT molecular complexity index is 639. The Morgan fingerprint density at radius 2 is 2.10 bits per heavy atom. The van der Waals surface area contributed by atoms with Crippen LogP contribution in [0.5, 0.6) is 0 Å². The van der Waals surface area contributed by atoms with Crippen LogP contribution in [0.1, 0.15) is 13.8 Å². The van der Waals surface area contributed by atoms with E-state index in [2.05, 4.69) is 10.3 Å². The van der Waals surface area contributed by atoms with Crippen molar-refractivity contribution in [3.05, 3.63) is 42.6 Å². The van der Waals surface area contributed by atoms with E-state index in [9.17, 15) is 4.79 Å². The third-order valence-corrected chi connectivity index (χ3v) is 3.58. The quantitative estimate of drug-likeness (QED) is 0.864. The molecule has 102 valence electrons. The van der Waals surface area contributed by atoms with E-state index in [0.29, 0.717) is 0 Å². The number of rotatable bonds is 1. The van der Waals surface area contributed by atoms with Gasteiger partial charge in [-0.25, -0.2) is 0 Å². The number of nitrogens with one attached hydrogen (secondary N) is 1. The van der Waals surface area contributed by atoms with Crippen LogP contribution in [0.25, 0.3) is 11.3 Å². The van der Waals surface area contributed by atoms with Crippen LogP contribution in [0.3, 0.4) is 0 Å². The van der Waals surface area contributed by atoms with Crippen molar-refractivity contribution in [3.8, 4) is 11.3 Å². The van der Waals surface area contributed by atoms with Gasteiger partial charge in [-0.05, 0) is 13.0 Å². The number of carbonyl (C=O) groups excluding carboxylic acids is 1. The third-order valence-electron chi connectivity index (χ3n) is 3.58. The molecule has 4 heteroatoms. The molecule has 0 saturated carbocycles. The second kappa shape index (κ2) is 4.96. The van der Waals surface area contributed by atoms with Crippen LogP contribution in [0.2, 0.25) is 0 Å². The first-order valence-electron chi connectivity index (χ1n) is 6.76. The van der Waals surface area contributed by atoms with Crippen molar-refractivity contribution in [3.63, 3.8) is 0 Å². The van der Waals surface area contributed by atoms with Crippen LogP contribution < -0.4 is 10.2 Å². The standard InChI is InChI=1S/C16H17N3O/c1-11-9-17-15-8-14(13-6-4-3-5-7-13)18-10-16(15)19(11)12(2)20/h3-8,10-11,17H,9H2,1-2H3/t11-/m0/s1. The molecule has 1 N–H and O–H groups in total. The van der Waals surface area contributed by atoms with Crippen LogP contribution in [0.15, 0.2) is 42.6 Å². The molecule has 1 aromatic heterocycles. The molecule has 1 atom stereocenters. The van der Waals surface area contributed by atoms with Crippen molar-refractivity contribution in [1.82, 2.24) is 4.98 Å². The molecule has 1 aliphatic rings. The van der Waals surface area contributed by atoms with Crippen molar-refractivity contribution in [1.29, 1.82) is 0 Å². The minimum atomic E-state index is 0.0505. The van der Waals surface area contributed by atoms with Gasteiger partial charge >= 0.3 is 0 Å². The molecule has 0 bridgehead atoms. The summed E-state index contributed by atoms with van der Waals surface area (Å²) in [6.45, 7) is 4.38. The average Bonchev–Trinajstić information content (AvgIpc) is 2.47. The molecule has 0 saturated heterocycles. The minimum Gasteiger partial charge on any atom is -0.381 e. The Balaban J connectivity index is 2.04. The van der Waals surface area contributed by atoms with Gasteiger partial charge in [0, 0.05) is 19.0 Å². The maximum atomic E-state index is 11.8. The van der Waals surface area contributed by atoms with Gasteiger partial charge in [0.2, 0.25) is 5.91 Å². The first-order valence-corrected chi connectivity index (χ1v) is 6.76. The number of hydrogen-bond acceptors (Lipinski definition) is 3. The molecule has 2 aromatic rings. The number of aromatic nitrogens is 1. The molecule has 3 rings (SSSR count). The van der Waals surface area contributed by atoms with E-state index in [1.165, 1.54) is 0 Å². The summed E-state index contributed by atoms with van der Waals surface area (Å²) >= 11 is 0. The zero-order valence-electron chi connectivity index (χ0n) is 11.6. The summed E-state index contributed by atoms with van der Waals surface area (Å²) in [4.78, 5) is 18.1. The topological polar surface area (TPSA) is 45.2 Å². The van der Waals surface area contributed by atoms with Gasteiger partial charge in [0.05, 0.1) is 29.3 Å². The largest absolute Gasteiger partial charge is 0.381 e. The van der Waals surface area contributed by atoms with E-state index in [1.807, 2.05) is 43.3 Å². The van der Waals surface area contributed by atoms with Crippen LogP contribution in [-0.4, -0.2) is 23.5 Å². The lowest BCUT2D eigenvalue weighted by Gasteiger charge is -2.35. The second-order valence-corrected chi connectivity index (χ2v) is 5.07. The van der Waals surface area contributed by atoms with Gasteiger partial charge in [-0.3, -0.25) is 9.78 Å². The molecule has 20 heavy (non-hydrogen) atoms. The number of benzene rings is 1. The van der Waals surface area contributed by atoms with E-state index < -0.39 is 0 Å².